The van der Waals surface area contributed by atoms with Crippen LogP contribution in [0.4, 0.5) is 0 Å². The average molecular weight is 380 g/mol. The number of piperazine rings is 1. The van der Waals surface area contributed by atoms with Crippen LogP contribution in [0.25, 0.3) is 0 Å². The van der Waals surface area contributed by atoms with Gasteiger partial charge in [-0.3, -0.25) is 9.69 Å². The summed E-state index contributed by atoms with van der Waals surface area (Å²) in [6.45, 7) is 2.51. The smallest absolute Gasteiger partial charge is 0.253 e. The van der Waals surface area contributed by atoms with Crippen molar-refractivity contribution in [2.75, 3.05) is 26.2 Å². The summed E-state index contributed by atoms with van der Waals surface area (Å²) in [5, 5.41) is 12.3. The molecule has 7 heteroatoms. The molecule has 1 aromatic carbocycles. The second-order valence-electron chi connectivity index (χ2n) is 5.50. The van der Waals surface area contributed by atoms with E-state index in [1.165, 1.54) is 0 Å². The van der Waals surface area contributed by atoms with Crippen LogP contribution < -0.4 is 0 Å². The highest BCUT2D eigenvalue weighted by molar-refractivity contribution is 7.10. The first-order valence-corrected chi connectivity index (χ1v) is 9.15. The molecule has 1 unspecified atom stereocenters. The quantitative estimate of drug-likeness (QED) is 0.806. The Hall–Kier alpha value is -1.58. The van der Waals surface area contributed by atoms with Gasteiger partial charge in [-0.25, -0.2) is 0 Å². The number of halogens is 2. The highest BCUT2D eigenvalue weighted by Gasteiger charge is 2.28. The predicted molar refractivity (Wildman–Crippen MR) is 96.6 cm³/mol. The molecule has 0 aliphatic carbocycles. The summed E-state index contributed by atoms with van der Waals surface area (Å²) < 4.78 is 0. The molecule has 1 saturated heterocycles. The lowest BCUT2D eigenvalue weighted by Crippen LogP contribution is -2.49. The van der Waals surface area contributed by atoms with Gasteiger partial charge in [0.05, 0.1) is 16.1 Å². The number of rotatable bonds is 3. The molecule has 0 spiro atoms. The Morgan fingerprint density at radius 2 is 1.92 bits per heavy atom. The van der Waals surface area contributed by atoms with Gasteiger partial charge in [-0.2, -0.15) is 5.26 Å². The van der Waals surface area contributed by atoms with Gasteiger partial charge in [-0.05, 0) is 29.6 Å². The normalized spacial score (nSPS) is 16.6. The molecule has 124 valence electrons. The van der Waals surface area contributed by atoms with E-state index in [0.29, 0.717) is 41.8 Å². The molecule has 0 N–H and O–H groups in total. The van der Waals surface area contributed by atoms with Crippen LogP contribution in [-0.4, -0.2) is 41.9 Å². The van der Waals surface area contributed by atoms with Gasteiger partial charge in [-0.1, -0.05) is 29.3 Å². The van der Waals surface area contributed by atoms with Crippen LogP contribution in [-0.2, 0) is 0 Å². The van der Waals surface area contributed by atoms with Crippen molar-refractivity contribution in [1.29, 1.82) is 5.26 Å². The van der Waals surface area contributed by atoms with Gasteiger partial charge < -0.3 is 4.90 Å². The lowest BCUT2D eigenvalue weighted by molar-refractivity contribution is 0.0608. The van der Waals surface area contributed by atoms with Crippen LogP contribution in [0.2, 0.25) is 10.0 Å². The topological polar surface area (TPSA) is 47.3 Å². The molecule has 1 aliphatic rings. The van der Waals surface area contributed by atoms with Gasteiger partial charge >= 0.3 is 0 Å². The number of hydrogen-bond acceptors (Lipinski definition) is 4. The standard InChI is InChI=1S/C17H15Cl2N3OS/c18-13-4-3-12(10-14(13)19)17(23)22-7-5-21(6-8-22)15(11-20)16-2-1-9-24-16/h1-4,9-10,15H,5-8H2. The molecule has 24 heavy (non-hydrogen) atoms. The lowest BCUT2D eigenvalue weighted by atomic mass is 10.1. The maximum Gasteiger partial charge on any atom is 0.253 e. The van der Waals surface area contributed by atoms with Crippen LogP contribution in [0.15, 0.2) is 35.7 Å². The molecule has 1 fully saturated rings. The first-order valence-electron chi connectivity index (χ1n) is 7.51. The zero-order valence-electron chi connectivity index (χ0n) is 12.8. The van der Waals surface area contributed by atoms with E-state index in [4.69, 9.17) is 23.2 Å². The first-order chi connectivity index (χ1) is 11.6. The molecule has 0 saturated carbocycles. The van der Waals surface area contributed by atoms with Crippen molar-refractivity contribution in [3.8, 4) is 6.07 Å². The Morgan fingerprint density at radius 1 is 1.17 bits per heavy atom. The van der Waals surface area contributed by atoms with E-state index >= 15 is 0 Å². The van der Waals surface area contributed by atoms with Crippen molar-refractivity contribution in [2.24, 2.45) is 0 Å². The van der Waals surface area contributed by atoms with Gasteiger partial charge in [0.1, 0.15) is 6.04 Å². The van der Waals surface area contributed by atoms with Crippen molar-refractivity contribution in [2.45, 2.75) is 6.04 Å². The van der Waals surface area contributed by atoms with Gasteiger partial charge in [0, 0.05) is 36.6 Å². The molecular weight excluding hydrogens is 365 g/mol. The van der Waals surface area contributed by atoms with Crippen molar-refractivity contribution in [3.05, 3.63) is 56.2 Å². The number of hydrogen-bond donors (Lipinski definition) is 0. The molecule has 1 amide bonds. The Morgan fingerprint density at radius 3 is 2.50 bits per heavy atom. The first kappa shape index (κ1) is 17.2. The van der Waals surface area contributed by atoms with E-state index in [-0.39, 0.29) is 11.9 Å². The van der Waals surface area contributed by atoms with Gasteiger partial charge in [0.25, 0.3) is 5.91 Å². The molecule has 2 aromatic rings. The number of benzene rings is 1. The van der Waals surface area contributed by atoms with E-state index < -0.39 is 0 Å². The number of nitriles is 1. The third-order valence-corrected chi connectivity index (χ3v) is 5.73. The van der Waals surface area contributed by atoms with Crippen molar-refractivity contribution in [3.63, 3.8) is 0 Å². The second kappa shape index (κ2) is 7.54. The van der Waals surface area contributed by atoms with Gasteiger partial charge in [-0.15, -0.1) is 11.3 Å². The highest BCUT2D eigenvalue weighted by atomic mass is 35.5. The fraction of sp³-hybridized carbons (Fsp3) is 0.294. The Balaban J connectivity index is 1.65. The zero-order chi connectivity index (χ0) is 17.1. The van der Waals surface area contributed by atoms with E-state index in [1.54, 1.807) is 34.4 Å². The predicted octanol–water partition coefficient (Wildman–Crippen LogP) is 4.08. The number of nitrogens with zero attached hydrogens (tertiary/aromatic N) is 3. The lowest BCUT2D eigenvalue weighted by Gasteiger charge is -2.36. The number of thiophene rings is 1. The summed E-state index contributed by atoms with van der Waals surface area (Å²) in [4.78, 5) is 17.5. The highest BCUT2D eigenvalue weighted by Crippen LogP contribution is 2.27. The van der Waals surface area contributed by atoms with Crippen LogP contribution in [0.1, 0.15) is 21.3 Å². The fourth-order valence-electron chi connectivity index (χ4n) is 2.77. The molecule has 2 heterocycles. The van der Waals surface area contributed by atoms with Crippen molar-refractivity contribution in [1.82, 2.24) is 9.80 Å². The van der Waals surface area contributed by atoms with Crippen LogP contribution >= 0.6 is 34.5 Å². The van der Waals surface area contributed by atoms with E-state index in [2.05, 4.69) is 11.0 Å². The Bertz CT molecular complexity index is 765. The third-order valence-electron chi connectivity index (χ3n) is 4.07. The minimum Gasteiger partial charge on any atom is -0.336 e. The minimum absolute atomic E-state index is 0.0575. The maximum absolute atomic E-state index is 12.6. The zero-order valence-corrected chi connectivity index (χ0v) is 15.1. The van der Waals surface area contributed by atoms with Crippen LogP contribution in [0, 0.1) is 11.3 Å². The molecule has 0 bridgehead atoms. The summed E-state index contributed by atoms with van der Waals surface area (Å²) in [6.07, 6.45) is 0. The van der Waals surface area contributed by atoms with Crippen molar-refractivity contribution < 1.29 is 4.79 Å². The Labute approximate surface area is 154 Å². The van der Waals surface area contributed by atoms with Gasteiger partial charge in [0.15, 0.2) is 0 Å². The van der Waals surface area contributed by atoms with E-state index in [0.717, 1.165) is 4.88 Å². The average Bonchev–Trinajstić information content (AvgIpc) is 3.12. The summed E-state index contributed by atoms with van der Waals surface area (Å²) in [5.74, 6) is -0.0575. The molecule has 1 atom stereocenters. The largest absolute Gasteiger partial charge is 0.336 e. The minimum atomic E-state index is -0.243. The van der Waals surface area contributed by atoms with Crippen LogP contribution in [0.5, 0.6) is 0 Å². The molecular formula is C17H15Cl2N3OS. The summed E-state index contributed by atoms with van der Waals surface area (Å²) in [6, 6.07) is 11.0. The Kier molecular flexibility index (Phi) is 5.42. The third kappa shape index (κ3) is 3.57. The van der Waals surface area contributed by atoms with Crippen molar-refractivity contribution >= 4 is 40.4 Å². The molecule has 3 rings (SSSR count). The molecule has 4 nitrogen and oxygen atoms in total. The second-order valence-corrected chi connectivity index (χ2v) is 7.30. The van der Waals surface area contributed by atoms with Gasteiger partial charge in [0.2, 0.25) is 0 Å². The molecule has 1 aromatic heterocycles. The monoisotopic (exact) mass is 379 g/mol. The molecule has 0 radical (unpaired) electrons. The number of amides is 1. The SMILES string of the molecule is N#CC(c1cccs1)N1CCN(C(=O)c2ccc(Cl)c(Cl)c2)CC1. The number of carbonyl (C=O) groups excluding carboxylic acids is 1. The maximum atomic E-state index is 12.6. The van der Waals surface area contributed by atoms with Crippen LogP contribution in [0.3, 0.4) is 0 Å². The number of carbonyl (C=O) groups is 1. The molecule has 1 aliphatic heterocycles. The fourth-order valence-corrected chi connectivity index (χ4v) is 3.87. The van der Waals surface area contributed by atoms with E-state index in [1.807, 2.05) is 17.5 Å². The summed E-state index contributed by atoms with van der Waals surface area (Å²) in [7, 11) is 0. The summed E-state index contributed by atoms with van der Waals surface area (Å²) in [5.41, 5.74) is 0.535. The summed E-state index contributed by atoms with van der Waals surface area (Å²) >= 11 is 13.5. The van der Waals surface area contributed by atoms with E-state index in [9.17, 15) is 10.1 Å².